The second kappa shape index (κ2) is 6.44. The van der Waals surface area contributed by atoms with Crippen LogP contribution in [0.4, 0.5) is 0 Å². The second-order valence-electron chi connectivity index (χ2n) is 5.88. The zero-order chi connectivity index (χ0) is 17.4. The summed E-state index contributed by atoms with van der Waals surface area (Å²) in [5.74, 6) is 1.19. The number of aromatic nitrogens is 6. The van der Waals surface area contributed by atoms with Gasteiger partial charge >= 0.3 is 0 Å². The van der Waals surface area contributed by atoms with Crippen LogP contribution in [0.2, 0.25) is 0 Å². The van der Waals surface area contributed by atoms with Crippen molar-refractivity contribution >= 4 is 33.8 Å². The number of hydrogen-bond acceptors (Lipinski definition) is 7. The molecule has 0 bridgehead atoms. The number of nitrogens with zero attached hydrogens (tertiary/aromatic N) is 6. The van der Waals surface area contributed by atoms with Gasteiger partial charge in [0, 0.05) is 11.9 Å². The van der Waals surface area contributed by atoms with Crippen molar-refractivity contribution in [2.75, 3.05) is 0 Å². The first-order valence-corrected chi connectivity index (χ1v) is 9.14. The van der Waals surface area contributed by atoms with Gasteiger partial charge in [0.15, 0.2) is 11.5 Å². The van der Waals surface area contributed by atoms with Crippen molar-refractivity contribution in [1.82, 2.24) is 29.9 Å². The Balaban J connectivity index is 1.76. The van der Waals surface area contributed by atoms with Crippen molar-refractivity contribution in [3.63, 3.8) is 0 Å². The Labute approximate surface area is 148 Å². The molecule has 0 saturated heterocycles. The predicted octanol–water partition coefficient (Wildman–Crippen LogP) is 3.93. The first-order valence-electron chi connectivity index (χ1n) is 8.26. The molecule has 0 fully saturated rings. The number of aryl methyl sites for hydroxylation is 2. The van der Waals surface area contributed by atoms with Gasteiger partial charge in [0.1, 0.15) is 5.52 Å². The summed E-state index contributed by atoms with van der Waals surface area (Å²) >= 11 is 1.47. The fourth-order valence-electron chi connectivity index (χ4n) is 2.88. The topological polar surface area (TPSA) is 82.5 Å². The Kier molecular flexibility index (Phi) is 4.12. The number of fused-ring (bicyclic) bond motifs is 3. The minimum atomic E-state index is -0.0375. The van der Waals surface area contributed by atoms with Gasteiger partial charge in [-0.15, -0.1) is 10.2 Å². The van der Waals surface area contributed by atoms with Crippen LogP contribution in [0.3, 0.4) is 0 Å². The van der Waals surface area contributed by atoms with Gasteiger partial charge in [0.25, 0.3) is 0 Å². The van der Waals surface area contributed by atoms with Gasteiger partial charge in [0.05, 0.1) is 10.8 Å². The molecule has 1 atom stereocenters. The Bertz CT molecular complexity index is 1040. The number of para-hydroxylation sites is 1. The Morgan fingerprint density at radius 1 is 1.20 bits per heavy atom. The van der Waals surface area contributed by atoms with E-state index >= 15 is 0 Å². The van der Waals surface area contributed by atoms with Crippen LogP contribution in [0.1, 0.15) is 37.2 Å². The molecule has 4 aromatic rings. The van der Waals surface area contributed by atoms with Crippen LogP contribution in [0, 0.1) is 6.92 Å². The maximum Gasteiger partial charge on any atom is 0.239 e. The molecule has 0 aliphatic carbocycles. The molecule has 0 amide bonds. The average molecular weight is 354 g/mol. The standard InChI is InChI=1S/C17H18N6OS/c1-4-9-23-13-8-6-5-7-12(13)14-15(23)19-17(21-20-14)25-10(2)16-18-11(3)22-24-16/h5-8,10H,4,9H2,1-3H3. The highest BCUT2D eigenvalue weighted by Gasteiger charge is 2.19. The fourth-order valence-corrected chi connectivity index (χ4v) is 3.62. The summed E-state index contributed by atoms with van der Waals surface area (Å²) in [6.07, 6.45) is 1.03. The van der Waals surface area contributed by atoms with Crippen molar-refractivity contribution in [3.05, 3.63) is 36.0 Å². The molecule has 7 nitrogen and oxygen atoms in total. The van der Waals surface area contributed by atoms with Crippen LogP contribution < -0.4 is 0 Å². The summed E-state index contributed by atoms with van der Waals surface area (Å²) in [5.41, 5.74) is 2.85. The molecule has 8 heteroatoms. The number of hydrogen-bond donors (Lipinski definition) is 0. The molecule has 1 aromatic carbocycles. The molecule has 1 unspecified atom stereocenters. The molecule has 3 aromatic heterocycles. The van der Waals surface area contributed by atoms with Crippen LogP contribution in [-0.2, 0) is 6.54 Å². The molecule has 0 radical (unpaired) electrons. The molecular weight excluding hydrogens is 336 g/mol. The first kappa shape index (κ1) is 16.0. The zero-order valence-corrected chi connectivity index (χ0v) is 15.1. The average Bonchev–Trinajstić information content (AvgIpc) is 3.18. The van der Waals surface area contributed by atoms with Crippen molar-refractivity contribution in [2.24, 2.45) is 0 Å². The minimum Gasteiger partial charge on any atom is -0.338 e. The van der Waals surface area contributed by atoms with E-state index in [2.05, 4.69) is 44.0 Å². The SMILES string of the molecule is CCCn1c2ccccc2c2nnc(SC(C)c3nc(C)no3)nc21. The molecule has 4 rings (SSSR count). The molecule has 25 heavy (non-hydrogen) atoms. The molecule has 3 heterocycles. The molecule has 0 spiro atoms. The van der Waals surface area contributed by atoms with Gasteiger partial charge in [0.2, 0.25) is 11.0 Å². The number of rotatable bonds is 5. The van der Waals surface area contributed by atoms with Gasteiger partial charge in [-0.1, -0.05) is 42.0 Å². The third kappa shape index (κ3) is 2.86. The van der Waals surface area contributed by atoms with Gasteiger partial charge in [-0.2, -0.15) is 4.98 Å². The summed E-state index contributed by atoms with van der Waals surface area (Å²) in [5, 5.41) is 14.2. The third-order valence-electron chi connectivity index (χ3n) is 3.97. The van der Waals surface area contributed by atoms with E-state index in [9.17, 15) is 0 Å². The van der Waals surface area contributed by atoms with E-state index in [0.717, 1.165) is 35.0 Å². The molecule has 128 valence electrons. The maximum atomic E-state index is 5.23. The third-order valence-corrected chi connectivity index (χ3v) is 4.91. The highest BCUT2D eigenvalue weighted by molar-refractivity contribution is 7.99. The van der Waals surface area contributed by atoms with Gasteiger partial charge in [-0.3, -0.25) is 0 Å². The maximum absolute atomic E-state index is 5.23. The van der Waals surface area contributed by atoms with E-state index in [1.807, 2.05) is 19.1 Å². The van der Waals surface area contributed by atoms with Crippen molar-refractivity contribution in [1.29, 1.82) is 0 Å². The Hall–Kier alpha value is -2.48. The summed E-state index contributed by atoms with van der Waals surface area (Å²) < 4.78 is 7.45. The fraction of sp³-hybridized carbons (Fsp3) is 0.353. The molecule has 0 aliphatic heterocycles. The monoisotopic (exact) mass is 354 g/mol. The molecular formula is C17H18N6OS. The van der Waals surface area contributed by atoms with Crippen LogP contribution >= 0.6 is 11.8 Å². The van der Waals surface area contributed by atoms with Crippen molar-refractivity contribution in [2.45, 2.75) is 44.1 Å². The van der Waals surface area contributed by atoms with Crippen molar-refractivity contribution in [3.8, 4) is 0 Å². The van der Waals surface area contributed by atoms with Crippen LogP contribution in [0.5, 0.6) is 0 Å². The lowest BCUT2D eigenvalue weighted by Gasteiger charge is -2.06. The van der Waals surface area contributed by atoms with Gasteiger partial charge in [-0.25, -0.2) is 4.98 Å². The quantitative estimate of drug-likeness (QED) is 0.502. The van der Waals surface area contributed by atoms with Gasteiger partial charge in [-0.05, 0) is 26.3 Å². The predicted molar refractivity (Wildman–Crippen MR) is 96.4 cm³/mol. The first-order chi connectivity index (χ1) is 12.2. The smallest absolute Gasteiger partial charge is 0.239 e. The van der Waals surface area contributed by atoms with E-state index in [4.69, 9.17) is 9.51 Å². The lowest BCUT2D eigenvalue weighted by Crippen LogP contribution is -2.01. The summed E-state index contributed by atoms with van der Waals surface area (Å²) in [6, 6.07) is 8.22. The number of thioether (sulfide) groups is 1. The lowest BCUT2D eigenvalue weighted by molar-refractivity contribution is 0.376. The number of benzene rings is 1. The normalized spacial score (nSPS) is 12.9. The second-order valence-corrected chi connectivity index (χ2v) is 7.18. The summed E-state index contributed by atoms with van der Waals surface area (Å²) in [4.78, 5) is 9.04. The highest BCUT2D eigenvalue weighted by Crippen LogP contribution is 2.33. The minimum absolute atomic E-state index is 0.0375. The highest BCUT2D eigenvalue weighted by atomic mass is 32.2. The Morgan fingerprint density at radius 3 is 2.80 bits per heavy atom. The van der Waals surface area contributed by atoms with E-state index < -0.39 is 0 Å². The van der Waals surface area contributed by atoms with Gasteiger partial charge < -0.3 is 9.09 Å². The summed E-state index contributed by atoms with van der Waals surface area (Å²) in [6.45, 7) is 6.85. The van der Waals surface area contributed by atoms with E-state index in [1.54, 1.807) is 6.92 Å². The molecule has 0 N–H and O–H groups in total. The molecule has 0 saturated carbocycles. The summed E-state index contributed by atoms with van der Waals surface area (Å²) in [7, 11) is 0. The van der Waals surface area contributed by atoms with E-state index in [0.29, 0.717) is 16.9 Å². The van der Waals surface area contributed by atoms with Crippen LogP contribution in [0.15, 0.2) is 33.9 Å². The molecule has 0 aliphatic rings. The van der Waals surface area contributed by atoms with E-state index in [-0.39, 0.29) is 5.25 Å². The van der Waals surface area contributed by atoms with Crippen LogP contribution in [0.25, 0.3) is 22.1 Å². The largest absolute Gasteiger partial charge is 0.338 e. The van der Waals surface area contributed by atoms with E-state index in [1.165, 1.54) is 11.8 Å². The lowest BCUT2D eigenvalue weighted by atomic mass is 10.2. The zero-order valence-electron chi connectivity index (χ0n) is 14.3. The van der Waals surface area contributed by atoms with Crippen LogP contribution in [-0.4, -0.2) is 29.9 Å². The Morgan fingerprint density at radius 2 is 2.04 bits per heavy atom. The van der Waals surface area contributed by atoms with Crippen molar-refractivity contribution < 1.29 is 4.52 Å².